The maximum absolute atomic E-state index is 2.64. The van der Waals surface area contributed by atoms with E-state index in [2.05, 4.69) is 90.7 Å². The van der Waals surface area contributed by atoms with E-state index in [9.17, 15) is 0 Å². The zero-order valence-corrected chi connectivity index (χ0v) is 24.0. The minimum Gasteiger partial charge on any atom is -0.0693 e. The molecule has 0 atom stereocenters. The van der Waals surface area contributed by atoms with Gasteiger partial charge in [0.25, 0.3) is 0 Å². The second-order valence-electron chi connectivity index (χ2n) is 13.3. The van der Waals surface area contributed by atoms with Crippen LogP contribution >= 0.6 is 0 Å². The molecule has 4 heteroatoms. The summed E-state index contributed by atoms with van der Waals surface area (Å²) in [5, 5.41) is 0. The molecule has 0 saturated heterocycles. The lowest BCUT2D eigenvalue weighted by Crippen LogP contribution is -2.32. The molecule has 0 aliphatic heterocycles. The number of rotatable bonds is 8. The van der Waals surface area contributed by atoms with Crippen LogP contribution in [0.5, 0.6) is 0 Å². The van der Waals surface area contributed by atoms with Crippen LogP contribution in [-0.4, -0.2) is 32.3 Å². The Labute approximate surface area is 169 Å². The molecule has 150 valence electrons. The van der Waals surface area contributed by atoms with Gasteiger partial charge in [0.15, 0.2) is 0 Å². The minimum atomic E-state index is -1.14. The van der Waals surface area contributed by atoms with Gasteiger partial charge in [0.2, 0.25) is 0 Å². The molecule has 0 radical (unpaired) electrons. The highest BCUT2D eigenvalue weighted by Crippen LogP contribution is 2.29. The molecule has 1 rings (SSSR count). The zero-order valence-electron chi connectivity index (χ0n) is 20.0. The third-order valence-corrected chi connectivity index (χ3v) is 10.1. The van der Waals surface area contributed by atoms with Gasteiger partial charge in [-0.1, -0.05) is 96.3 Å². The molecule has 0 N–H and O–H groups in total. The van der Waals surface area contributed by atoms with Crippen LogP contribution in [0.2, 0.25) is 78.6 Å². The molecule has 0 aromatic heterocycles. The van der Waals surface area contributed by atoms with E-state index in [1.54, 1.807) is 22.3 Å². The first-order valence-electron chi connectivity index (χ1n) is 10.5. The average molecular weight is 423 g/mol. The van der Waals surface area contributed by atoms with E-state index >= 15 is 0 Å². The van der Waals surface area contributed by atoms with Gasteiger partial charge in [-0.05, 0) is 40.9 Å². The van der Waals surface area contributed by atoms with Crippen molar-refractivity contribution in [3.8, 4) is 0 Å². The molecule has 26 heavy (non-hydrogen) atoms. The van der Waals surface area contributed by atoms with E-state index in [0.717, 1.165) is 0 Å². The molecule has 0 aliphatic carbocycles. The molecule has 1 aromatic rings. The Morgan fingerprint density at radius 3 is 1.04 bits per heavy atom. The second-order valence-corrected chi connectivity index (χ2v) is 35.2. The Balaban J connectivity index is 3.57. The van der Waals surface area contributed by atoms with Gasteiger partial charge < -0.3 is 0 Å². The normalized spacial score (nSPS) is 14.0. The largest absolute Gasteiger partial charge is 0.0693 e. The topological polar surface area (TPSA) is 0 Å². The fourth-order valence-corrected chi connectivity index (χ4v) is 9.66. The predicted molar refractivity (Wildman–Crippen MR) is 135 cm³/mol. The molecule has 0 saturated carbocycles. The number of hydrogen-bond donors (Lipinski definition) is 0. The summed E-state index contributed by atoms with van der Waals surface area (Å²) < 4.78 is 0. The fraction of sp³-hybridized carbons (Fsp3) is 0.727. The van der Waals surface area contributed by atoms with Gasteiger partial charge in [0.1, 0.15) is 0 Å². The summed E-state index contributed by atoms with van der Waals surface area (Å²) in [6, 6.07) is 10.7. The first kappa shape index (κ1) is 24.1. The summed E-state index contributed by atoms with van der Waals surface area (Å²) in [7, 11) is -4.49. The molecule has 0 bridgehead atoms. The van der Waals surface area contributed by atoms with E-state index in [0.29, 0.717) is 0 Å². The minimum absolute atomic E-state index is 1.09. The summed E-state index contributed by atoms with van der Waals surface area (Å²) in [5.74, 6) is 0. The molecular formula is C22H46Si4. The van der Waals surface area contributed by atoms with Crippen LogP contribution in [0.25, 0.3) is 0 Å². The summed E-state index contributed by atoms with van der Waals surface area (Å²) in [4.78, 5) is 0. The van der Waals surface area contributed by atoms with Crippen molar-refractivity contribution in [1.29, 1.82) is 0 Å². The van der Waals surface area contributed by atoms with Crippen molar-refractivity contribution in [1.82, 2.24) is 0 Å². The molecule has 0 spiro atoms. The molecule has 0 aliphatic rings. The Morgan fingerprint density at radius 1 is 0.462 bits per heavy atom. The van der Waals surface area contributed by atoms with Gasteiger partial charge in [-0.2, -0.15) is 0 Å². The SMILES string of the molecule is C[Si](C)(C)Cc1cc(C[Si](C)(C)C)c(C[Si](C)(C)C)c(C[Si](C)(C)C)c1. The van der Waals surface area contributed by atoms with Crippen LogP contribution in [0.15, 0.2) is 12.1 Å². The van der Waals surface area contributed by atoms with Crippen LogP contribution in [-0.2, 0) is 24.2 Å². The average Bonchev–Trinajstić information content (AvgIpc) is 2.25. The van der Waals surface area contributed by atoms with Gasteiger partial charge in [-0.15, -0.1) is 0 Å². The van der Waals surface area contributed by atoms with Crippen molar-refractivity contribution >= 4 is 32.3 Å². The molecule has 1 aromatic carbocycles. The lowest BCUT2D eigenvalue weighted by atomic mass is 10.0. The summed E-state index contributed by atoms with van der Waals surface area (Å²) in [5.41, 5.74) is 6.88. The first-order chi connectivity index (χ1) is 11.3. The third kappa shape index (κ3) is 9.86. The predicted octanol–water partition coefficient (Wildman–Crippen LogP) is 7.37. The summed E-state index contributed by atoms with van der Waals surface area (Å²) >= 11 is 0. The molecule has 0 nitrogen and oxygen atoms in total. The van der Waals surface area contributed by atoms with Crippen molar-refractivity contribution in [3.63, 3.8) is 0 Å². The van der Waals surface area contributed by atoms with Gasteiger partial charge in [-0.25, -0.2) is 0 Å². The highest BCUT2D eigenvalue weighted by atomic mass is 28.3. The summed E-state index contributed by atoms with van der Waals surface area (Å²) in [6.45, 7) is 30.4. The molecule has 0 amide bonds. The van der Waals surface area contributed by atoms with Gasteiger partial charge in [0.05, 0.1) is 0 Å². The highest BCUT2D eigenvalue weighted by Gasteiger charge is 2.26. The standard InChI is InChI=1S/C22H46Si4/c1-23(2,3)15-19-13-20(16-24(4,5)6)22(18-26(10,11)12)21(14-19)17-25(7,8)9/h13-14H,15-18H2,1-12H3. The van der Waals surface area contributed by atoms with Gasteiger partial charge in [0, 0.05) is 32.3 Å². The zero-order chi connectivity index (χ0) is 20.6. The lowest BCUT2D eigenvalue weighted by molar-refractivity contribution is 1.10. The van der Waals surface area contributed by atoms with Crippen molar-refractivity contribution in [2.24, 2.45) is 0 Å². The molecule has 0 fully saturated rings. The van der Waals surface area contributed by atoms with Crippen LogP contribution in [0.1, 0.15) is 22.3 Å². The van der Waals surface area contributed by atoms with Crippen LogP contribution in [0.3, 0.4) is 0 Å². The van der Waals surface area contributed by atoms with Gasteiger partial charge >= 0.3 is 0 Å². The smallest absolute Gasteiger partial charge is 0.0487 e. The third-order valence-electron chi connectivity index (χ3n) is 4.38. The number of benzene rings is 1. The second kappa shape index (κ2) is 8.22. The van der Waals surface area contributed by atoms with E-state index in [1.807, 2.05) is 0 Å². The van der Waals surface area contributed by atoms with E-state index in [-0.39, 0.29) is 0 Å². The quantitative estimate of drug-likeness (QED) is 0.384. The Bertz CT molecular complexity index is 568. The molecular weight excluding hydrogens is 377 g/mol. The highest BCUT2D eigenvalue weighted by molar-refractivity contribution is 6.77. The van der Waals surface area contributed by atoms with Crippen LogP contribution in [0.4, 0.5) is 0 Å². The Kier molecular flexibility index (Phi) is 7.63. The maximum atomic E-state index is 2.64. The van der Waals surface area contributed by atoms with E-state index in [1.165, 1.54) is 24.2 Å². The molecule has 0 unspecified atom stereocenters. The van der Waals surface area contributed by atoms with E-state index in [4.69, 9.17) is 0 Å². The van der Waals surface area contributed by atoms with E-state index < -0.39 is 32.3 Å². The monoisotopic (exact) mass is 422 g/mol. The number of hydrogen-bond acceptors (Lipinski definition) is 0. The van der Waals surface area contributed by atoms with Crippen molar-refractivity contribution < 1.29 is 0 Å². The lowest BCUT2D eigenvalue weighted by Gasteiger charge is -2.29. The summed E-state index contributed by atoms with van der Waals surface area (Å²) in [6.07, 6.45) is 0. The Morgan fingerprint density at radius 2 is 0.769 bits per heavy atom. The maximum Gasteiger partial charge on any atom is 0.0487 e. The van der Waals surface area contributed by atoms with Gasteiger partial charge in [-0.3, -0.25) is 0 Å². The fourth-order valence-electron chi connectivity index (χ4n) is 3.80. The Hall–Kier alpha value is 0.0875. The van der Waals surface area contributed by atoms with Crippen LogP contribution in [0, 0.1) is 0 Å². The van der Waals surface area contributed by atoms with Crippen LogP contribution < -0.4 is 0 Å². The van der Waals surface area contributed by atoms with Crippen molar-refractivity contribution in [2.45, 2.75) is 103 Å². The van der Waals surface area contributed by atoms with Crippen molar-refractivity contribution in [2.75, 3.05) is 0 Å². The first-order valence-corrected chi connectivity index (χ1v) is 25.3. The molecule has 0 heterocycles. The van der Waals surface area contributed by atoms with Crippen molar-refractivity contribution in [3.05, 3.63) is 34.4 Å².